The molecule has 6 nitrogen and oxygen atoms in total. The van der Waals surface area contributed by atoms with Crippen molar-refractivity contribution in [2.24, 2.45) is 7.05 Å². The van der Waals surface area contributed by atoms with Gasteiger partial charge in [0.05, 0.1) is 0 Å². The third kappa shape index (κ3) is 2.15. The summed E-state index contributed by atoms with van der Waals surface area (Å²) < 4.78 is 3.75. The minimum absolute atomic E-state index is 0.391. The number of halogens is 1. The Labute approximate surface area is 123 Å². The third-order valence-electron chi connectivity index (χ3n) is 3.71. The van der Waals surface area contributed by atoms with Gasteiger partial charge in [0.25, 0.3) is 5.56 Å². The maximum Gasteiger partial charge on any atom is 0.329 e. The minimum atomic E-state index is -0.448. The third-order valence-corrected chi connectivity index (χ3v) is 4.31. The van der Waals surface area contributed by atoms with Gasteiger partial charge in [-0.25, -0.2) is 9.78 Å². The lowest BCUT2D eigenvalue weighted by atomic mass is 10.00. The van der Waals surface area contributed by atoms with Crippen LogP contribution in [0.15, 0.2) is 26.0 Å². The van der Waals surface area contributed by atoms with Gasteiger partial charge in [0.1, 0.15) is 0 Å². The molecule has 0 aromatic carbocycles. The van der Waals surface area contributed by atoms with Crippen molar-refractivity contribution >= 4 is 27.1 Å². The van der Waals surface area contributed by atoms with E-state index >= 15 is 0 Å². The molecular weight excluding hydrogens is 324 g/mol. The number of aryl methyl sites for hydroxylation is 1. The van der Waals surface area contributed by atoms with Crippen LogP contribution >= 0.6 is 15.9 Å². The van der Waals surface area contributed by atoms with Gasteiger partial charge in [0.2, 0.25) is 0 Å². The Balaban J connectivity index is 2.18. The molecule has 2 aromatic heterocycles. The normalized spacial score (nSPS) is 15.6. The predicted molar refractivity (Wildman–Crippen MR) is 79.8 cm³/mol. The second-order valence-corrected chi connectivity index (χ2v) is 5.77. The van der Waals surface area contributed by atoms with Crippen LogP contribution in [-0.2, 0) is 13.6 Å². The number of aromatic amines is 1. The van der Waals surface area contributed by atoms with Gasteiger partial charge < -0.3 is 4.57 Å². The molecule has 20 heavy (non-hydrogen) atoms. The first kappa shape index (κ1) is 13.4. The number of nitrogens with zero attached hydrogens (tertiary/aromatic N) is 3. The fourth-order valence-corrected chi connectivity index (χ4v) is 3.07. The van der Waals surface area contributed by atoms with Crippen LogP contribution in [0.3, 0.4) is 0 Å². The molecular formula is C13H15BrN4O2. The number of allylic oxidation sites excluding steroid dienone is 2. The summed E-state index contributed by atoms with van der Waals surface area (Å²) in [6.07, 6.45) is 6.79. The number of H-pyrrole nitrogens is 1. The van der Waals surface area contributed by atoms with Gasteiger partial charge in [-0.05, 0) is 41.6 Å². The lowest BCUT2D eigenvalue weighted by molar-refractivity contribution is 0.645. The number of hydrogen-bond donors (Lipinski definition) is 1. The predicted octanol–water partition coefficient (Wildman–Crippen LogP) is 1.69. The largest absolute Gasteiger partial charge is 0.329 e. The molecule has 0 fully saturated rings. The highest BCUT2D eigenvalue weighted by molar-refractivity contribution is 9.10. The van der Waals surface area contributed by atoms with Crippen molar-refractivity contribution in [3.05, 3.63) is 37.2 Å². The van der Waals surface area contributed by atoms with E-state index in [-0.39, 0.29) is 0 Å². The SMILES string of the molecule is Cn1c(=O)[nH]c(=O)c2c1nc(Br)n2CC1=CCCCC1. The van der Waals surface area contributed by atoms with E-state index in [0.717, 1.165) is 12.8 Å². The van der Waals surface area contributed by atoms with Gasteiger partial charge in [-0.2, -0.15) is 0 Å². The zero-order valence-corrected chi connectivity index (χ0v) is 12.7. The second-order valence-electron chi connectivity index (χ2n) is 5.07. The first-order valence-corrected chi connectivity index (χ1v) is 7.40. The zero-order valence-electron chi connectivity index (χ0n) is 11.1. The van der Waals surface area contributed by atoms with Crippen LogP contribution in [0.4, 0.5) is 0 Å². The molecule has 0 amide bonds. The average Bonchev–Trinajstić information content (AvgIpc) is 2.75. The van der Waals surface area contributed by atoms with Crippen molar-refractivity contribution in [3.8, 4) is 0 Å². The van der Waals surface area contributed by atoms with E-state index in [1.807, 2.05) is 4.57 Å². The van der Waals surface area contributed by atoms with E-state index in [0.29, 0.717) is 22.4 Å². The van der Waals surface area contributed by atoms with Crippen LogP contribution in [0.1, 0.15) is 25.7 Å². The van der Waals surface area contributed by atoms with Crippen LogP contribution in [0, 0.1) is 0 Å². The average molecular weight is 339 g/mol. The molecule has 0 aliphatic heterocycles. The molecule has 1 N–H and O–H groups in total. The molecule has 0 bridgehead atoms. The standard InChI is InChI=1S/C13H15BrN4O2/c1-17-10-9(11(19)16-13(17)20)18(12(14)15-10)7-8-5-3-2-4-6-8/h5H,2-4,6-7H2,1H3,(H,16,19,20). The summed E-state index contributed by atoms with van der Waals surface area (Å²) in [7, 11) is 1.60. The molecule has 7 heteroatoms. The molecule has 0 radical (unpaired) electrons. The molecule has 0 spiro atoms. The summed E-state index contributed by atoms with van der Waals surface area (Å²) in [6.45, 7) is 0.637. The molecule has 0 unspecified atom stereocenters. The molecule has 0 saturated carbocycles. The number of fused-ring (bicyclic) bond motifs is 1. The molecule has 2 heterocycles. The number of nitrogens with one attached hydrogen (secondary N) is 1. The van der Waals surface area contributed by atoms with Crippen LogP contribution in [0.5, 0.6) is 0 Å². The summed E-state index contributed by atoms with van der Waals surface area (Å²) in [5.41, 5.74) is 1.31. The van der Waals surface area contributed by atoms with E-state index < -0.39 is 11.2 Å². The first-order chi connectivity index (χ1) is 9.58. The highest BCUT2D eigenvalue weighted by Crippen LogP contribution is 2.23. The van der Waals surface area contributed by atoms with E-state index in [4.69, 9.17) is 0 Å². The lowest BCUT2D eigenvalue weighted by Crippen LogP contribution is -2.29. The fourth-order valence-electron chi connectivity index (χ4n) is 2.60. The van der Waals surface area contributed by atoms with Crippen LogP contribution < -0.4 is 11.2 Å². The summed E-state index contributed by atoms with van der Waals surface area (Å²) in [6, 6.07) is 0. The van der Waals surface area contributed by atoms with Crippen molar-refractivity contribution in [2.45, 2.75) is 32.2 Å². The number of hydrogen-bond acceptors (Lipinski definition) is 3. The zero-order chi connectivity index (χ0) is 14.3. The smallest absolute Gasteiger partial charge is 0.309 e. The Morgan fingerprint density at radius 2 is 2.20 bits per heavy atom. The first-order valence-electron chi connectivity index (χ1n) is 6.61. The van der Waals surface area contributed by atoms with Crippen molar-refractivity contribution in [3.63, 3.8) is 0 Å². The summed E-state index contributed by atoms with van der Waals surface area (Å²) in [5, 5.41) is 0. The monoisotopic (exact) mass is 338 g/mol. The fraction of sp³-hybridized carbons (Fsp3) is 0.462. The van der Waals surface area contributed by atoms with Gasteiger partial charge >= 0.3 is 5.69 Å². The Bertz CT molecular complexity index is 812. The van der Waals surface area contributed by atoms with E-state index in [2.05, 4.69) is 32.0 Å². The quantitative estimate of drug-likeness (QED) is 0.668. The second kappa shape index (κ2) is 5.05. The number of rotatable bonds is 2. The van der Waals surface area contributed by atoms with Gasteiger partial charge in [-0.1, -0.05) is 11.6 Å². The lowest BCUT2D eigenvalue weighted by Gasteiger charge is -2.14. The van der Waals surface area contributed by atoms with Crippen LogP contribution in [0.25, 0.3) is 11.2 Å². The summed E-state index contributed by atoms with van der Waals surface area (Å²) in [4.78, 5) is 30.3. The highest BCUT2D eigenvalue weighted by atomic mass is 79.9. The topological polar surface area (TPSA) is 72.7 Å². The molecule has 0 atom stereocenters. The maximum atomic E-state index is 12.1. The van der Waals surface area contributed by atoms with E-state index in [1.54, 1.807) is 7.05 Å². The van der Waals surface area contributed by atoms with Crippen molar-refractivity contribution in [1.82, 2.24) is 19.1 Å². The van der Waals surface area contributed by atoms with Crippen LogP contribution in [-0.4, -0.2) is 19.1 Å². The van der Waals surface area contributed by atoms with Gasteiger partial charge in [-0.15, -0.1) is 0 Å². The molecule has 106 valence electrons. The summed E-state index contributed by atoms with van der Waals surface area (Å²) in [5.74, 6) is 0. The molecule has 3 rings (SSSR count). The summed E-state index contributed by atoms with van der Waals surface area (Å²) >= 11 is 3.39. The Morgan fingerprint density at radius 3 is 2.90 bits per heavy atom. The van der Waals surface area contributed by atoms with Crippen molar-refractivity contribution < 1.29 is 0 Å². The van der Waals surface area contributed by atoms with Gasteiger partial charge in [0.15, 0.2) is 15.9 Å². The van der Waals surface area contributed by atoms with Crippen molar-refractivity contribution in [1.29, 1.82) is 0 Å². The Morgan fingerprint density at radius 1 is 1.40 bits per heavy atom. The van der Waals surface area contributed by atoms with Gasteiger partial charge in [0, 0.05) is 13.6 Å². The van der Waals surface area contributed by atoms with Crippen molar-refractivity contribution in [2.75, 3.05) is 0 Å². The van der Waals surface area contributed by atoms with Crippen LogP contribution in [0.2, 0.25) is 0 Å². The highest BCUT2D eigenvalue weighted by Gasteiger charge is 2.17. The number of imidazole rings is 1. The van der Waals surface area contributed by atoms with Gasteiger partial charge in [-0.3, -0.25) is 14.3 Å². The Kier molecular flexibility index (Phi) is 3.37. The van der Waals surface area contributed by atoms with E-state index in [9.17, 15) is 9.59 Å². The van der Waals surface area contributed by atoms with E-state index in [1.165, 1.54) is 23.0 Å². The molecule has 1 aliphatic carbocycles. The molecule has 0 saturated heterocycles. The maximum absolute atomic E-state index is 12.1. The molecule has 1 aliphatic rings. The molecule has 2 aromatic rings. The minimum Gasteiger partial charge on any atom is -0.309 e. The Hall–Kier alpha value is -1.63. The number of aromatic nitrogens is 4.